The van der Waals surface area contributed by atoms with Crippen molar-refractivity contribution in [2.75, 3.05) is 6.79 Å². The quantitative estimate of drug-likeness (QED) is 0.588. The van der Waals surface area contributed by atoms with Crippen LogP contribution in [0.25, 0.3) is 0 Å². The molecule has 0 saturated heterocycles. The first-order chi connectivity index (χ1) is 6.13. The first kappa shape index (κ1) is 3.14. The minimum atomic E-state index is -0.547. The van der Waals surface area contributed by atoms with E-state index in [0.717, 1.165) is 0 Å². The number of fused-ring (bicyclic) bond motifs is 1. The monoisotopic (exact) mass is 141 g/mol. The first-order valence-electron chi connectivity index (χ1n) is 4.21. The third-order valence-electron chi connectivity index (χ3n) is 1.14. The van der Waals surface area contributed by atoms with Gasteiger partial charge in [-0.25, -0.2) is 0 Å². The number of phenolic OH excluding ortho intramolecular Hbond substituents is 1. The van der Waals surface area contributed by atoms with Gasteiger partial charge in [0, 0.05) is 6.04 Å². The highest BCUT2D eigenvalue weighted by atomic mass is 16.7. The molecule has 0 radical (unpaired) electrons. The van der Waals surface area contributed by atoms with E-state index in [0.29, 0.717) is 0 Å². The van der Waals surface area contributed by atoms with E-state index in [4.69, 9.17) is 13.6 Å². The van der Waals surface area contributed by atoms with Gasteiger partial charge in [0.05, 0.1) is 4.11 Å². The van der Waals surface area contributed by atoms with Crippen molar-refractivity contribution in [3.8, 4) is 17.2 Å². The molecule has 0 spiro atoms. The van der Waals surface area contributed by atoms with Crippen LogP contribution in [0.15, 0.2) is 18.1 Å². The number of hydrogen-bond donors (Lipinski definition) is 1. The van der Waals surface area contributed by atoms with Gasteiger partial charge in [-0.2, -0.15) is 0 Å². The molecule has 1 aliphatic rings. The summed E-state index contributed by atoms with van der Waals surface area (Å²) in [6.45, 7) is -0.0734. The van der Waals surface area contributed by atoms with Gasteiger partial charge in [-0.05, 0) is 12.1 Å². The van der Waals surface area contributed by atoms with Crippen LogP contribution in [0.2, 0.25) is 0 Å². The molecule has 0 saturated carbocycles. The number of aromatic hydroxyl groups is 1. The molecule has 0 bridgehead atoms. The lowest BCUT2D eigenvalue weighted by Crippen LogP contribution is -1.92. The smallest absolute Gasteiger partial charge is 0.231 e. The van der Waals surface area contributed by atoms with E-state index in [1.165, 1.54) is 0 Å². The van der Waals surface area contributed by atoms with Crippen molar-refractivity contribution in [3.63, 3.8) is 0 Å². The maximum atomic E-state index is 9.22. The molecular formula is C7H6O3. The van der Waals surface area contributed by atoms with Crippen LogP contribution < -0.4 is 9.47 Å². The maximum Gasteiger partial charge on any atom is 0.231 e. The topological polar surface area (TPSA) is 38.7 Å². The molecule has 1 aliphatic heterocycles. The second-order valence-electron chi connectivity index (χ2n) is 1.79. The second kappa shape index (κ2) is 1.80. The van der Waals surface area contributed by atoms with Crippen molar-refractivity contribution in [1.82, 2.24) is 0 Å². The summed E-state index contributed by atoms with van der Waals surface area (Å²) in [5.74, 6) is -0.444. The van der Waals surface area contributed by atoms with Gasteiger partial charge in [0.1, 0.15) is 5.75 Å². The van der Waals surface area contributed by atoms with Gasteiger partial charge >= 0.3 is 0 Å². The van der Waals surface area contributed by atoms with E-state index in [1.807, 2.05) is 0 Å². The highest BCUT2D eigenvalue weighted by molar-refractivity contribution is 5.46. The predicted octanol–water partition coefficient (Wildman–Crippen LogP) is 1.12. The summed E-state index contributed by atoms with van der Waals surface area (Å²) in [6.07, 6.45) is 0. The molecule has 3 heteroatoms. The Balaban J connectivity index is 2.77. The number of hydrogen-bond acceptors (Lipinski definition) is 3. The highest BCUT2D eigenvalue weighted by Crippen LogP contribution is 2.34. The first-order valence-corrected chi connectivity index (χ1v) is 2.71. The fourth-order valence-corrected chi connectivity index (χ4v) is 0.719. The second-order valence-corrected chi connectivity index (χ2v) is 1.79. The molecule has 1 aromatic rings. The van der Waals surface area contributed by atoms with E-state index < -0.39 is 11.8 Å². The van der Waals surface area contributed by atoms with E-state index in [2.05, 4.69) is 0 Å². The van der Waals surface area contributed by atoms with Gasteiger partial charge in [-0.1, -0.05) is 0 Å². The Morgan fingerprint density at radius 2 is 2.20 bits per heavy atom. The zero-order valence-electron chi connectivity index (χ0n) is 7.97. The summed E-state index contributed by atoms with van der Waals surface area (Å²) in [6, 6.07) is -0.955. The Morgan fingerprint density at radius 1 is 1.40 bits per heavy atom. The van der Waals surface area contributed by atoms with Crippen LogP contribution in [-0.2, 0) is 0 Å². The molecule has 2 rings (SSSR count). The molecule has 1 N–H and O–H groups in total. The van der Waals surface area contributed by atoms with Crippen LogP contribution in [0.4, 0.5) is 0 Å². The van der Waals surface area contributed by atoms with Crippen molar-refractivity contribution in [1.29, 1.82) is 0 Å². The van der Waals surface area contributed by atoms with Crippen molar-refractivity contribution >= 4 is 0 Å². The Morgan fingerprint density at radius 3 is 3.10 bits per heavy atom. The summed E-state index contributed by atoms with van der Waals surface area (Å²) in [7, 11) is 0. The van der Waals surface area contributed by atoms with Crippen LogP contribution in [0.5, 0.6) is 17.2 Å². The van der Waals surface area contributed by atoms with Crippen molar-refractivity contribution < 1.29 is 18.7 Å². The number of benzene rings is 1. The Bertz CT molecular complexity index is 343. The minimum absolute atomic E-state index is 0.0403. The van der Waals surface area contributed by atoms with E-state index in [1.54, 1.807) is 0 Å². The fraction of sp³-hybridized carbons (Fsp3) is 0.143. The van der Waals surface area contributed by atoms with Gasteiger partial charge in [-0.15, -0.1) is 0 Å². The number of rotatable bonds is 0. The van der Waals surface area contributed by atoms with Gasteiger partial charge in [0.2, 0.25) is 6.79 Å². The molecule has 0 unspecified atom stereocenters. The molecule has 1 aromatic carbocycles. The average Bonchev–Trinajstić information content (AvgIpc) is 2.59. The molecule has 1 heterocycles. The third kappa shape index (κ3) is 0.673. The van der Waals surface area contributed by atoms with Crippen molar-refractivity contribution in [3.05, 3.63) is 18.1 Å². The van der Waals surface area contributed by atoms with Crippen LogP contribution in [-0.4, -0.2) is 11.9 Å². The van der Waals surface area contributed by atoms with Crippen molar-refractivity contribution in [2.24, 2.45) is 0 Å². The van der Waals surface area contributed by atoms with E-state index in [-0.39, 0.29) is 30.4 Å². The lowest BCUT2D eigenvalue weighted by Gasteiger charge is -1.93. The summed E-state index contributed by atoms with van der Waals surface area (Å²) < 4.78 is 31.8. The lowest BCUT2D eigenvalue weighted by atomic mass is 10.3. The molecule has 0 amide bonds. The molecule has 10 heavy (non-hydrogen) atoms. The van der Waals surface area contributed by atoms with Crippen molar-refractivity contribution in [2.45, 2.75) is 0 Å². The number of phenols is 1. The van der Waals surface area contributed by atoms with Crippen LogP contribution in [0.1, 0.15) is 4.11 Å². The SMILES string of the molecule is [2H]c1c([2H])c2c(c([2H])c1O)OCO2. The third-order valence-corrected chi connectivity index (χ3v) is 1.14. The maximum absolute atomic E-state index is 9.22. The molecule has 0 aromatic heterocycles. The van der Waals surface area contributed by atoms with Gasteiger partial charge < -0.3 is 14.6 Å². The zero-order chi connectivity index (χ0) is 9.59. The minimum Gasteiger partial charge on any atom is -0.508 e. The summed E-state index contributed by atoms with van der Waals surface area (Å²) in [5, 5.41) is 9.22. The van der Waals surface area contributed by atoms with E-state index >= 15 is 0 Å². The molecule has 3 nitrogen and oxygen atoms in total. The van der Waals surface area contributed by atoms with Crippen LogP contribution >= 0.6 is 0 Å². The Hall–Kier alpha value is -1.38. The summed E-state index contributed by atoms with van der Waals surface area (Å²) in [4.78, 5) is 0. The van der Waals surface area contributed by atoms with E-state index in [9.17, 15) is 5.11 Å². The van der Waals surface area contributed by atoms with Crippen LogP contribution in [0, 0.1) is 0 Å². The van der Waals surface area contributed by atoms with Crippen LogP contribution in [0.3, 0.4) is 0 Å². The summed E-state index contributed by atoms with van der Waals surface area (Å²) >= 11 is 0. The van der Waals surface area contributed by atoms with Gasteiger partial charge in [0.25, 0.3) is 0 Å². The molecular weight excluding hydrogens is 132 g/mol. The largest absolute Gasteiger partial charge is 0.508 e. The highest BCUT2D eigenvalue weighted by Gasteiger charge is 2.12. The number of ether oxygens (including phenoxy) is 2. The molecule has 0 atom stereocenters. The van der Waals surface area contributed by atoms with Gasteiger partial charge in [-0.3, -0.25) is 0 Å². The Kier molecular flexibility index (Phi) is 0.566. The average molecular weight is 141 g/mol. The predicted molar refractivity (Wildman–Crippen MR) is 34.2 cm³/mol. The fourth-order valence-electron chi connectivity index (χ4n) is 0.719. The zero-order valence-corrected chi connectivity index (χ0v) is 4.97. The molecule has 52 valence electrons. The Labute approximate surface area is 62.0 Å². The lowest BCUT2D eigenvalue weighted by molar-refractivity contribution is 0.174. The normalized spacial score (nSPS) is 17.8. The molecule has 0 fully saturated rings. The summed E-state index contributed by atoms with van der Waals surface area (Å²) in [5.41, 5.74) is 0. The van der Waals surface area contributed by atoms with Gasteiger partial charge in [0.15, 0.2) is 11.5 Å². The molecule has 0 aliphatic carbocycles. The standard InChI is InChI=1S/C7H6O3/c8-5-1-2-6-7(3-5)10-4-9-6/h1-3,8H,4H2/i1D,2D,3D.